The van der Waals surface area contributed by atoms with Crippen LogP contribution in [0.4, 0.5) is 17.3 Å². The lowest BCUT2D eigenvalue weighted by Crippen LogP contribution is -2.40. The van der Waals surface area contributed by atoms with E-state index in [1.54, 1.807) is 0 Å². The second-order valence-corrected chi connectivity index (χ2v) is 8.54. The predicted octanol–water partition coefficient (Wildman–Crippen LogP) is 4.45. The Morgan fingerprint density at radius 3 is 2.82 bits per heavy atom. The number of rotatable bonds is 15. The van der Waals surface area contributed by atoms with E-state index in [1.807, 2.05) is 11.8 Å². The zero-order valence-corrected chi connectivity index (χ0v) is 20.8. The lowest BCUT2D eigenvalue weighted by atomic mass is 10.1. The van der Waals surface area contributed by atoms with E-state index in [4.69, 9.17) is 10.5 Å². The number of fused-ring (bicyclic) bond motifs is 1. The van der Waals surface area contributed by atoms with Crippen LogP contribution in [-0.2, 0) is 4.79 Å². The maximum Gasteiger partial charge on any atom is 0.320 e. The Kier molecular flexibility index (Phi) is 11.7. The van der Waals surface area contributed by atoms with Gasteiger partial charge in [0, 0.05) is 13.1 Å². The first-order valence-electron chi connectivity index (χ1n) is 12.4. The van der Waals surface area contributed by atoms with Gasteiger partial charge in [0.05, 0.1) is 12.6 Å². The van der Waals surface area contributed by atoms with Crippen LogP contribution in [-0.4, -0.2) is 48.2 Å². The number of nitrogens with two attached hydrogens (primary N) is 1. The van der Waals surface area contributed by atoms with Crippen molar-refractivity contribution in [1.29, 1.82) is 0 Å². The lowest BCUT2D eigenvalue weighted by Gasteiger charge is -2.30. The Balaban J connectivity index is 2.09. The van der Waals surface area contributed by atoms with E-state index in [1.165, 1.54) is 24.8 Å². The molecule has 0 saturated carbocycles. The second kappa shape index (κ2) is 14.5. The van der Waals surface area contributed by atoms with Gasteiger partial charge in [0.15, 0.2) is 11.6 Å². The van der Waals surface area contributed by atoms with Gasteiger partial charge >= 0.3 is 6.01 Å². The number of allylic oxidation sites excluding steroid dienone is 1. The minimum absolute atomic E-state index is 0.000229. The van der Waals surface area contributed by atoms with Crippen LogP contribution in [0, 0.1) is 0 Å². The first kappa shape index (κ1) is 26.6. The summed E-state index contributed by atoms with van der Waals surface area (Å²) < 4.78 is 5.87. The quantitative estimate of drug-likeness (QED) is 0.263. The fourth-order valence-corrected chi connectivity index (χ4v) is 3.71. The van der Waals surface area contributed by atoms with Crippen LogP contribution in [0.1, 0.15) is 72.6 Å². The molecule has 0 bridgehead atoms. The fourth-order valence-electron chi connectivity index (χ4n) is 3.71. The number of nitrogens with zero attached hydrogens (tertiary/aromatic N) is 3. The summed E-state index contributed by atoms with van der Waals surface area (Å²) in [4.78, 5) is 23.1. The molecule has 1 amide bonds. The van der Waals surface area contributed by atoms with Gasteiger partial charge in [0.25, 0.3) is 0 Å². The molecule has 0 aliphatic carbocycles. The van der Waals surface area contributed by atoms with E-state index in [0.717, 1.165) is 38.8 Å². The van der Waals surface area contributed by atoms with E-state index >= 15 is 0 Å². The standard InChI is InChI=1S/C25H42N6O2/c1-5-8-10-15-27-17-20(13-9-6-2)14-11-16-31-18-21(32)28-22-23(26)29-25(30-24(22)31)33-19(4)12-7-3/h9,13-14,19,27H,5-8,10-12,15-18H2,1-4H3,(H,28,32)(H2,26,29,30). The van der Waals surface area contributed by atoms with Crippen LogP contribution in [0.5, 0.6) is 6.01 Å². The number of hydrogen-bond donors (Lipinski definition) is 3. The third-order valence-corrected chi connectivity index (χ3v) is 5.46. The predicted molar refractivity (Wildman–Crippen MR) is 137 cm³/mol. The number of nitrogen functional groups attached to an aromatic ring is 1. The molecule has 2 rings (SSSR count). The van der Waals surface area contributed by atoms with Crippen LogP contribution in [0.15, 0.2) is 23.8 Å². The number of carbonyl (C=O) groups excluding carboxylic acids is 1. The van der Waals surface area contributed by atoms with Crippen molar-refractivity contribution in [3.63, 3.8) is 0 Å². The van der Waals surface area contributed by atoms with E-state index in [-0.39, 0.29) is 30.4 Å². The van der Waals surface area contributed by atoms with Crippen molar-refractivity contribution in [1.82, 2.24) is 15.3 Å². The van der Waals surface area contributed by atoms with Crippen molar-refractivity contribution in [2.75, 3.05) is 42.1 Å². The van der Waals surface area contributed by atoms with E-state index in [0.29, 0.717) is 18.1 Å². The molecule has 1 aromatic heterocycles. The molecule has 2 heterocycles. The molecule has 8 heteroatoms. The zero-order chi connectivity index (χ0) is 24.1. The number of ether oxygens (including phenoxy) is 1. The van der Waals surface area contributed by atoms with Crippen molar-refractivity contribution in [3.8, 4) is 6.01 Å². The third kappa shape index (κ3) is 9.04. The first-order chi connectivity index (χ1) is 16.0. The van der Waals surface area contributed by atoms with Crippen molar-refractivity contribution < 1.29 is 9.53 Å². The van der Waals surface area contributed by atoms with Gasteiger partial charge in [-0.3, -0.25) is 4.79 Å². The highest BCUT2D eigenvalue weighted by atomic mass is 16.5. The van der Waals surface area contributed by atoms with Crippen molar-refractivity contribution >= 4 is 23.2 Å². The number of hydrogen-bond acceptors (Lipinski definition) is 7. The lowest BCUT2D eigenvalue weighted by molar-refractivity contribution is -0.115. The second-order valence-electron chi connectivity index (χ2n) is 8.54. The maximum absolute atomic E-state index is 12.3. The first-order valence-corrected chi connectivity index (χ1v) is 12.4. The molecule has 1 aliphatic rings. The van der Waals surface area contributed by atoms with Crippen LogP contribution >= 0.6 is 0 Å². The minimum Gasteiger partial charge on any atom is -0.460 e. The summed E-state index contributed by atoms with van der Waals surface area (Å²) in [6, 6.07) is 0.256. The van der Waals surface area contributed by atoms with E-state index < -0.39 is 0 Å². The average Bonchev–Trinajstić information content (AvgIpc) is 2.77. The topological polar surface area (TPSA) is 105 Å². The highest BCUT2D eigenvalue weighted by molar-refractivity contribution is 6.03. The van der Waals surface area contributed by atoms with E-state index in [9.17, 15) is 4.79 Å². The summed E-state index contributed by atoms with van der Waals surface area (Å²) >= 11 is 0. The summed E-state index contributed by atoms with van der Waals surface area (Å²) in [5.41, 5.74) is 7.86. The van der Waals surface area contributed by atoms with Crippen LogP contribution in [0.25, 0.3) is 0 Å². The summed E-state index contributed by atoms with van der Waals surface area (Å²) in [5, 5.41) is 6.35. The summed E-state index contributed by atoms with van der Waals surface area (Å²) in [6.07, 6.45) is 14.0. The Hall–Kier alpha value is -2.61. The molecule has 0 fully saturated rings. The number of unbranched alkanes of at least 4 members (excludes halogenated alkanes) is 2. The third-order valence-electron chi connectivity index (χ3n) is 5.46. The van der Waals surface area contributed by atoms with Gasteiger partial charge < -0.3 is 26.0 Å². The fraction of sp³-hybridized carbons (Fsp3) is 0.640. The van der Waals surface area contributed by atoms with Crippen LogP contribution < -0.4 is 26.0 Å². The number of carbonyl (C=O) groups is 1. The smallest absolute Gasteiger partial charge is 0.320 e. The Morgan fingerprint density at radius 1 is 1.27 bits per heavy atom. The molecule has 1 atom stereocenters. The minimum atomic E-state index is -0.113. The average molecular weight is 459 g/mol. The highest BCUT2D eigenvalue weighted by Crippen LogP contribution is 2.33. The number of amides is 1. The SMILES string of the molecule is CCC=CC(=CCCN1CC(=O)Nc2c(N)nc(OC(C)CCC)nc21)CNCCCCC. The number of nitrogens with one attached hydrogen (secondary N) is 2. The summed E-state index contributed by atoms with van der Waals surface area (Å²) in [5.74, 6) is 0.742. The Morgan fingerprint density at radius 2 is 2.09 bits per heavy atom. The monoisotopic (exact) mass is 458 g/mol. The molecular formula is C25H42N6O2. The van der Waals surface area contributed by atoms with Crippen molar-refractivity contribution in [3.05, 3.63) is 23.8 Å². The molecule has 33 heavy (non-hydrogen) atoms. The molecule has 1 aliphatic heterocycles. The van der Waals surface area contributed by atoms with Gasteiger partial charge in [0.2, 0.25) is 5.91 Å². The van der Waals surface area contributed by atoms with E-state index in [2.05, 4.69) is 59.6 Å². The van der Waals surface area contributed by atoms with Gasteiger partial charge in [-0.2, -0.15) is 9.97 Å². The van der Waals surface area contributed by atoms with Gasteiger partial charge in [-0.15, -0.1) is 0 Å². The molecule has 1 aromatic rings. The van der Waals surface area contributed by atoms with Crippen molar-refractivity contribution in [2.45, 2.75) is 78.7 Å². The zero-order valence-electron chi connectivity index (χ0n) is 20.8. The van der Waals surface area contributed by atoms with Crippen molar-refractivity contribution in [2.24, 2.45) is 0 Å². The van der Waals surface area contributed by atoms with Gasteiger partial charge in [0.1, 0.15) is 5.69 Å². The largest absolute Gasteiger partial charge is 0.460 e. The molecule has 4 N–H and O–H groups in total. The normalized spacial score (nSPS) is 15.0. The molecule has 0 spiro atoms. The Bertz CT molecular complexity index is 808. The molecule has 184 valence electrons. The summed E-state index contributed by atoms with van der Waals surface area (Å²) in [7, 11) is 0. The Labute approximate surface area is 199 Å². The highest BCUT2D eigenvalue weighted by Gasteiger charge is 2.27. The molecule has 1 unspecified atom stereocenters. The van der Waals surface area contributed by atoms with Gasteiger partial charge in [-0.1, -0.05) is 58.3 Å². The molecular weight excluding hydrogens is 416 g/mol. The molecule has 0 saturated heterocycles. The molecule has 8 nitrogen and oxygen atoms in total. The van der Waals surface area contributed by atoms with Crippen LogP contribution in [0.3, 0.4) is 0 Å². The van der Waals surface area contributed by atoms with Crippen LogP contribution in [0.2, 0.25) is 0 Å². The molecule has 0 radical (unpaired) electrons. The summed E-state index contributed by atoms with van der Waals surface area (Å²) in [6.45, 7) is 11.2. The number of aromatic nitrogens is 2. The van der Waals surface area contributed by atoms with Gasteiger partial charge in [-0.25, -0.2) is 0 Å². The van der Waals surface area contributed by atoms with Gasteiger partial charge in [-0.05, 0) is 44.7 Å². The molecule has 0 aromatic carbocycles. The number of anilines is 3. The maximum atomic E-state index is 12.3.